The van der Waals surface area contributed by atoms with Crippen LogP contribution in [0.5, 0.6) is 0 Å². The van der Waals surface area contributed by atoms with Crippen LogP contribution in [0.1, 0.15) is 46.0 Å². The number of benzene rings is 1. The third kappa shape index (κ3) is 6.76. The summed E-state index contributed by atoms with van der Waals surface area (Å²) in [6.45, 7) is 7.89. The van der Waals surface area contributed by atoms with Crippen LogP contribution in [0.2, 0.25) is 0 Å². The summed E-state index contributed by atoms with van der Waals surface area (Å²) in [4.78, 5) is 16.1. The molecule has 1 radical (unpaired) electrons. The van der Waals surface area contributed by atoms with Gasteiger partial charge < -0.3 is 12.0 Å². The molecular weight excluding hydrogens is 407 g/mol. The van der Waals surface area contributed by atoms with E-state index in [2.05, 4.69) is 37.0 Å². The molecule has 0 saturated heterocycles. The van der Waals surface area contributed by atoms with Crippen molar-refractivity contribution in [2.45, 2.75) is 46.0 Å². The summed E-state index contributed by atoms with van der Waals surface area (Å²) in [5.74, 6) is -0.733. The van der Waals surface area contributed by atoms with Gasteiger partial charge in [-0.05, 0) is 33.1 Å². The Morgan fingerprint density at radius 2 is 2.20 bits per heavy atom. The van der Waals surface area contributed by atoms with Gasteiger partial charge in [0.25, 0.3) is 0 Å². The molecule has 1 N–H and O–H groups in total. The van der Waals surface area contributed by atoms with Crippen LogP contribution in [0.3, 0.4) is 0 Å². The first-order chi connectivity index (χ1) is 11.5. The van der Waals surface area contributed by atoms with Gasteiger partial charge in [0.2, 0.25) is 0 Å². The first-order valence-corrected chi connectivity index (χ1v) is 8.95. The second-order valence-corrected chi connectivity index (χ2v) is 7.12. The minimum Gasteiger partial charge on any atom is -0.481 e. The van der Waals surface area contributed by atoms with Crippen molar-refractivity contribution in [3.63, 3.8) is 0 Å². The van der Waals surface area contributed by atoms with Crippen LogP contribution in [0.4, 0.5) is 0 Å². The molecule has 5 heteroatoms. The fourth-order valence-electron chi connectivity index (χ4n) is 2.76. The summed E-state index contributed by atoms with van der Waals surface area (Å²) in [5, 5.41) is 9.80. The molecule has 1 aromatic carbocycles. The van der Waals surface area contributed by atoms with Crippen LogP contribution in [0.15, 0.2) is 24.3 Å². The van der Waals surface area contributed by atoms with Crippen LogP contribution >= 0.6 is 11.3 Å². The van der Waals surface area contributed by atoms with E-state index >= 15 is 0 Å². The zero-order chi connectivity index (χ0) is 17.5. The van der Waals surface area contributed by atoms with Gasteiger partial charge in [-0.3, -0.25) is 4.79 Å². The van der Waals surface area contributed by atoms with Gasteiger partial charge in [-0.25, -0.2) is 4.98 Å². The van der Waals surface area contributed by atoms with E-state index in [1.54, 1.807) is 11.3 Å². The minimum absolute atomic E-state index is 0. The molecule has 1 aromatic heterocycles. The quantitative estimate of drug-likeness (QED) is 0.708. The molecule has 0 spiro atoms. The van der Waals surface area contributed by atoms with E-state index in [0.29, 0.717) is 6.42 Å². The van der Waals surface area contributed by atoms with E-state index in [4.69, 9.17) is 5.11 Å². The molecule has 0 fully saturated rings. The Labute approximate surface area is 179 Å². The number of allylic oxidation sites excluding steroid dienone is 2. The number of rotatable bonds is 4. The number of aliphatic carboxylic acids is 1. The maximum Gasteiger partial charge on any atom is 0.303 e. The first-order valence-electron chi connectivity index (χ1n) is 8.14. The fourth-order valence-corrected chi connectivity index (χ4v) is 3.63. The van der Waals surface area contributed by atoms with Crippen molar-refractivity contribution in [1.29, 1.82) is 0 Å². The van der Waals surface area contributed by atoms with Gasteiger partial charge in [0, 0.05) is 49.7 Å². The van der Waals surface area contributed by atoms with Gasteiger partial charge in [-0.1, -0.05) is 11.6 Å². The molecule has 0 bridgehead atoms. The predicted molar refractivity (Wildman–Crippen MR) is 99.1 cm³/mol. The average molecular weight is 430 g/mol. The second-order valence-electron chi connectivity index (χ2n) is 5.71. The Bertz CT molecular complexity index is 737. The summed E-state index contributed by atoms with van der Waals surface area (Å²) < 4.78 is 0. The average Bonchev–Trinajstić information content (AvgIpc) is 2.91. The number of aromatic nitrogens is 1. The molecule has 0 unspecified atom stereocenters. The van der Waals surface area contributed by atoms with Gasteiger partial charge in [0.05, 0.1) is 5.01 Å². The Hall–Kier alpha value is -0.836. The smallest absolute Gasteiger partial charge is 0.303 e. The van der Waals surface area contributed by atoms with Crippen LogP contribution in [-0.4, -0.2) is 16.1 Å². The molecule has 3 rings (SSSR count). The van der Waals surface area contributed by atoms with Crippen LogP contribution in [0.25, 0.3) is 5.57 Å². The number of hydrogen-bond acceptors (Lipinski definition) is 3. The Morgan fingerprint density at radius 1 is 1.44 bits per heavy atom. The molecule has 0 aliphatic heterocycles. The van der Waals surface area contributed by atoms with Crippen molar-refractivity contribution in [2.24, 2.45) is 0 Å². The molecule has 25 heavy (non-hydrogen) atoms. The number of thiazole rings is 1. The molecule has 3 nitrogen and oxygen atoms in total. The zero-order valence-corrected chi connectivity index (χ0v) is 18.5. The van der Waals surface area contributed by atoms with Crippen molar-refractivity contribution in [3.05, 3.63) is 64.0 Å². The molecule has 1 heterocycles. The Balaban J connectivity index is 0.000000270. The van der Waals surface area contributed by atoms with Crippen molar-refractivity contribution < 1.29 is 42.6 Å². The normalized spacial score (nSPS) is 12.2. The van der Waals surface area contributed by atoms with Crippen LogP contribution in [-0.2, 0) is 50.3 Å². The van der Waals surface area contributed by atoms with Crippen molar-refractivity contribution in [2.75, 3.05) is 0 Å². The van der Waals surface area contributed by atoms with Crippen LogP contribution in [0, 0.1) is 26.8 Å². The molecule has 0 amide bonds. The number of aryl methyl sites for hydroxylation is 3. The summed E-state index contributed by atoms with van der Waals surface area (Å²) in [7, 11) is 0. The van der Waals surface area contributed by atoms with Crippen LogP contribution < -0.4 is 0 Å². The number of carboxylic acids is 1. The fraction of sp³-hybridized carbons (Fsp3) is 0.350. The van der Waals surface area contributed by atoms with E-state index in [-0.39, 0.29) is 39.1 Å². The van der Waals surface area contributed by atoms with Gasteiger partial charge in [0.1, 0.15) is 0 Å². The summed E-state index contributed by atoms with van der Waals surface area (Å²) >= 11 is 1.74. The van der Waals surface area contributed by atoms with Gasteiger partial charge >= 0.3 is 5.97 Å². The minimum atomic E-state index is -0.733. The largest absolute Gasteiger partial charge is 0.481 e. The summed E-state index contributed by atoms with van der Waals surface area (Å²) in [5.41, 5.74) is 4.72. The van der Waals surface area contributed by atoms with E-state index in [1.165, 1.54) is 16.0 Å². The van der Waals surface area contributed by atoms with Crippen molar-refractivity contribution in [3.8, 4) is 0 Å². The second kappa shape index (κ2) is 11.0. The van der Waals surface area contributed by atoms with E-state index in [1.807, 2.05) is 19.1 Å². The number of carbonyl (C=O) groups is 1. The molecule has 1 aliphatic carbocycles. The zero-order valence-electron chi connectivity index (χ0n) is 14.8. The van der Waals surface area contributed by atoms with E-state index in [0.717, 1.165) is 35.5 Å². The Morgan fingerprint density at radius 3 is 2.76 bits per heavy atom. The molecule has 0 atom stereocenters. The molecule has 131 valence electrons. The monoisotopic (exact) mass is 430 g/mol. The molecular formula is C20H23NO2SY-2. The van der Waals surface area contributed by atoms with Gasteiger partial charge in [-0.15, -0.1) is 23.3 Å². The topological polar surface area (TPSA) is 50.2 Å². The third-order valence-corrected chi connectivity index (χ3v) is 4.85. The van der Waals surface area contributed by atoms with Gasteiger partial charge in [0.15, 0.2) is 0 Å². The van der Waals surface area contributed by atoms with Crippen molar-refractivity contribution in [1.82, 2.24) is 4.98 Å². The first kappa shape index (κ1) is 22.2. The Kier molecular flexibility index (Phi) is 9.77. The number of hydrogen-bond donors (Lipinski definition) is 1. The van der Waals surface area contributed by atoms with Gasteiger partial charge in [-0.2, -0.15) is 29.8 Å². The summed E-state index contributed by atoms with van der Waals surface area (Å²) in [6.07, 6.45) is 5.82. The number of fused-ring (bicyclic) bond motifs is 1. The number of nitrogens with zero attached hydrogens (tertiary/aromatic N) is 1. The molecule has 2 aromatic rings. The van der Waals surface area contributed by atoms with E-state index < -0.39 is 5.97 Å². The maximum absolute atomic E-state index is 10.5. The number of carboxylic acid groups (broad SMARTS) is 1. The van der Waals surface area contributed by atoms with E-state index in [9.17, 15) is 4.79 Å². The summed E-state index contributed by atoms with van der Waals surface area (Å²) in [6, 6.07) is 9.15. The third-order valence-electron chi connectivity index (χ3n) is 3.92. The standard InChI is InChI=1S/C13H13O2.C7H10NS.Y/c14-13(15)9-8-11-6-3-5-10-4-1-2-7-12(10)11;1-4-7-5(2)9-6(3)8-7;/h1-2,6-7H,3,5,8-9H2,(H,14,15);1,4H2,2-3H3;/q2*-1;. The molecule has 0 saturated carbocycles. The molecule has 1 aliphatic rings. The SMILES string of the molecule is O=C(O)CCC1=CCCc2[c-]cccc21.[CH2-]Cc1nc(C)sc1C.[Y]. The maximum atomic E-state index is 10.5. The predicted octanol–water partition coefficient (Wildman–Crippen LogP) is 4.82. The van der Waals surface area contributed by atoms with Crippen molar-refractivity contribution >= 4 is 22.9 Å².